The monoisotopic (exact) mass is 287 g/mol. The summed E-state index contributed by atoms with van der Waals surface area (Å²) in [5.74, 6) is 0.763. The first-order valence-corrected chi connectivity index (χ1v) is 7.48. The van der Waals surface area contributed by atoms with E-state index >= 15 is 0 Å². The predicted octanol–water partition coefficient (Wildman–Crippen LogP) is 3.59. The molecule has 0 saturated carbocycles. The Kier molecular flexibility index (Phi) is 5.62. The van der Waals surface area contributed by atoms with Gasteiger partial charge in [-0.15, -0.1) is 11.8 Å². The first kappa shape index (κ1) is 14.6. The number of hydrogen-bond acceptors (Lipinski definition) is 4. The molecule has 0 amide bonds. The smallest absolute Gasteiger partial charge is 0.337 e. The Morgan fingerprint density at radius 2 is 1.85 bits per heavy atom. The third kappa shape index (κ3) is 4.38. The number of nitrogens with zero attached hydrogens (tertiary/aromatic N) is 1. The topological polar surface area (TPSA) is 39.2 Å². The first-order chi connectivity index (χ1) is 9.79. The van der Waals surface area contributed by atoms with Gasteiger partial charge in [-0.05, 0) is 60.6 Å². The summed E-state index contributed by atoms with van der Waals surface area (Å²) < 4.78 is 4.67. The molecule has 0 aliphatic rings. The third-order valence-corrected chi connectivity index (χ3v) is 4.00. The second kappa shape index (κ2) is 7.70. The van der Waals surface area contributed by atoms with Crippen LogP contribution in [-0.4, -0.2) is 23.8 Å². The molecule has 0 spiro atoms. The number of methoxy groups -OCH3 is 1. The molecule has 0 aliphatic carbocycles. The van der Waals surface area contributed by atoms with E-state index in [-0.39, 0.29) is 5.97 Å². The van der Waals surface area contributed by atoms with Crippen LogP contribution in [0.3, 0.4) is 0 Å². The van der Waals surface area contributed by atoms with Crippen molar-refractivity contribution in [3.63, 3.8) is 0 Å². The van der Waals surface area contributed by atoms with E-state index in [0.29, 0.717) is 5.56 Å². The molecule has 4 heteroatoms. The molecule has 0 aliphatic heterocycles. The number of esters is 1. The highest BCUT2D eigenvalue weighted by Crippen LogP contribution is 2.20. The minimum absolute atomic E-state index is 0.292. The van der Waals surface area contributed by atoms with Crippen molar-refractivity contribution in [1.82, 2.24) is 4.98 Å². The lowest BCUT2D eigenvalue weighted by Crippen LogP contribution is -2.00. The minimum Gasteiger partial charge on any atom is -0.465 e. The molecule has 2 rings (SSSR count). The van der Waals surface area contributed by atoms with E-state index in [1.807, 2.05) is 24.5 Å². The highest BCUT2D eigenvalue weighted by Gasteiger charge is 2.04. The number of thioether (sulfide) groups is 1. The fourth-order valence-electron chi connectivity index (χ4n) is 1.82. The lowest BCUT2D eigenvalue weighted by molar-refractivity contribution is 0.0600. The molecule has 0 bridgehead atoms. The van der Waals surface area contributed by atoms with E-state index in [1.54, 1.807) is 23.9 Å². The molecule has 0 N–H and O–H groups in total. The highest BCUT2D eigenvalue weighted by atomic mass is 32.2. The Morgan fingerprint density at radius 1 is 1.15 bits per heavy atom. The molecule has 20 heavy (non-hydrogen) atoms. The van der Waals surface area contributed by atoms with Crippen LogP contribution < -0.4 is 0 Å². The Labute approximate surface area is 123 Å². The standard InChI is InChI=1S/C16H17NO2S/c1-19-16(18)14-4-6-15(7-5-14)20-12-2-3-13-8-10-17-11-9-13/h4-11H,2-3,12H2,1H3. The van der Waals surface area contributed by atoms with Crippen LogP contribution in [0.1, 0.15) is 22.3 Å². The number of aryl methyl sites for hydroxylation is 1. The zero-order chi connectivity index (χ0) is 14.2. The van der Waals surface area contributed by atoms with Crippen LogP contribution in [0, 0.1) is 0 Å². The molecule has 1 aromatic carbocycles. The Morgan fingerprint density at radius 3 is 2.50 bits per heavy atom. The second-order valence-corrected chi connectivity index (χ2v) is 5.49. The largest absolute Gasteiger partial charge is 0.465 e. The molecule has 0 saturated heterocycles. The van der Waals surface area contributed by atoms with E-state index < -0.39 is 0 Å². The fraction of sp³-hybridized carbons (Fsp3) is 0.250. The lowest BCUT2D eigenvalue weighted by atomic mass is 10.2. The van der Waals surface area contributed by atoms with Gasteiger partial charge in [-0.3, -0.25) is 4.98 Å². The predicted molar refractivity (Wildman–Crippen MR) is 81.1 cm³/mol. The Bertz CT molecular complexity index is 540. The molecule has 1 heterocycles. The number of pyridine rings is 1. The summed E-state index contributed by atoms with van der Waals surface area (Å²) in [6.07, 6.45) is 5.84. The summed E-state index contributed by atoms with van der Waals surface area (Å²) in [7, 11) is 1.39. The van der Waals surface area contributed by atoms with E-state index in [9.17, 15) is 4.79 Å². The molecule has 104 valence electrons. The van der Waals surface area contributed by atoms with E-state index in [0.717, 1.165) is 18.6 Å². The molecule has 3 nitrogen and oxygen atoms in total. The maximum Gasteiger partial charge on any atom is 0.337 e. The molecule has 0 radical (unpaired) electrons. The zero-order valence-corrected chi connectivity index (χ0v) is 12.2. The minimum atomic E-state index is -0.292. The van der Waals surface area contributed by atoms with Crippen LogP contribution in [0.5, 0.6) is 0 Å². The number of aromatic nitrogens is 1. The number of ether oxygens (including phenoxy) is 1. The van der Waals surface area contributed by atoms with E-state index in [4.69, 9.17) is 0 Å². The van der Waals surface area contributed by atoms with Crippen LogP contribution in [0.25, 0.3) is 0 Å². The van der Waals surface area contributed by atoms with Crippen molar-refractivity contribution in [2.75, 3.05) is 12.9 Å². The van der Waals surface area contributed by atoms with Gasteiger partial charge in [0.1, 0.15) is 0 Å². The molecule has 0 atom stereocenters. The van der Waals surface area contributed by atoms with E-state index in [1.165, 1.54) is 17.6 Å². The van der Waals surface area contributed by atoms with Crippen molar-refractivity contribution in [2.24, 2.45) is 0 Å². The van der Waals surface area contributed by atoms with Gasteiger partial charge in [0, 0.05) is 17.3 Å². The van der Waals surface area contributed by atoms with Gasteiger partial charge < -0.3 is 4.74 Å². The van der Waals surface area contributed by atoms with Crippen molar-refractivity contribution in [3.05, 3.63) is 59.9 Å². The van der Waals surface area contributed by atoms with Crippen LogP contribution in [0.4, 0.5) is 0 Å². The van der Waals surface area contributed by atoms with Gasteiger partial charge in [-0.2, -0.15) is 0 Å². The fourth-order valence-corrected chi connectivity index (χ4v) is 2.67. The maximum absolute atomic E-state index is 11.3. The van der Waals surface area contributed by atoms with Crippen molar-refractivity contribution in [1.29, 1.82) is 0 Å². The van der Waals surface area contributed by atoms with Gasteiger partial charge in [0.15, 0.2) is 0 Å². The van der Waals surface area contributed by atoms with Crippen molar-refractivity contribution in [2.45, 2.75) is 17.7 Å². The summed E-state index contributed by atoms with van der Waals surface area (Å²) in [5, 5.41) is 0. The Hall–Kier alpha value is -1.81. The number of carbonyl (C=O) groups excluding carboxylic acids is 1. The number of carbonyl (C=O) groups is 1. The van der Waals surface area contributed by atoms with Gasteiger partial charge in [0.25, 0.3) is 0 Å². The van der Waals surface area contributed by atoms with Crippen molar-refractivity contribution in [3.8, 4) is 0 Å². The molecular weight excluding hydrogens is 270 g/mol. The quantitative estimate of drug-likeness (QED) is 0.462. The maximum atomic E-state index is 11.3. The summed E-state index contributed by atoms with van der Waals surface area (Å²) in [6.45, 7) is 0. The van der Waals surface area contributed by atoms with Crippen LogP contribution in [0.15, 0.2) is 53.7 Å². The van der Waals surface area contributed by atoms with Gasteiger partial charge in [-0.1, -0.05) is 0 Å². The lowest BCUT2D eigenvalue weighted by Gasteiger charge is -2.03. The second-order valence-electron chi connectivity index (χ2n) is 4.32. The van der Waals surface area contributed by atoms with Crippen molar-refractivity contribution >= 4 is 17.7 Å². The highest BCUT2D eigenvalue weighted by molar-refractivity contribution is 7.99. The van der Waals surface area contributed by atoms with Crippen LogP contribution in [0.2, 0.25) is 0 Å². The summed E-state index contributed by atoms with van der Waals surface area (Å²) in [5.41, 5.74) is 1.91. The molecule has 2 aromatic rings. The molecular formula is C16H17NO2S. The Balaban J connectivity index is 1.75. The van der Waals surface area contributed by atoms with Gasteiger partial charge in [0.05, 0.1) is 12.7 Å². The average Bonchev–Trinajstić information content (AvgIpc) is 2.52. The number of benzene rings is 1. The SMILES string of the molecule is COC(=O)c1ccc(SCCCc2ccncc2)cc1. The van der Waals surface area contributed by atoms with Crippen LogP contribution >= 0.6 is 11.8 Å². The molecule has 1 aromatic heterocycles. The average molecular weight is 287 g/mol. The zero-order valence-electron chi connectivity index (χ0n) is 11.4. The van der Waals surface area contributed by atoms with Gasteiger partial charge in [0.2, 0.25) is 0 Å². The van der Waals surface area contributed by atoms with Gasteiger partial charge >= 0.3 is 5.97 Å². The normalized spacial score (nSPS) is 10.2. The molecule has 0 unspecified atom stereocenters. The first-order valence-electron chi connectivity index (χ1n) is 6.49. The van der Waals surface area contributed by atoms with E-state index in [2.05, 4.69) is 21.9 Å². The van der Waals surface area contributed by atoms with Crippen LogP contribution in [-0.2, 0) is 11.2 Å². The van der Waals surface area contributed by atoms with Gasteiger partial charge in [-0.25, -0.2) is 4.79 Å². The number of rotatable bonds is 6. The summed E-state index contributed by atoms with van der Waals surface area (Å²) in [6, 6.07) is 11.6. The molecule has 0 fully saturated rings. The summed E-state index contributed by atoms with van der Waals surface area (Å²) in [4.78, 5) is 16.5. The summed E-state index contributed by atoms with van der Waals surface area (Å²) >= 11 is 1.80. The number of hydrogen-bond donors (Lipinski definition) is 0. The van der Waals surface area contributed by atoms with Crippen molar-refractivity contribution < 1.29 is 9.53 Å². The third-order valence-electron chi connectivity index (χ3n) is 2.90.